The van der Waals surface area contributed by atoms with Crippen molar-refractivity contribution in [2.75, 3.05) is 5.32 Å². The van der Waals surface area contributed by atoms with Crippen LogP contribution in [-0.4, -0.2) is 27.3 Å². The predicted molar refractivity (Wildman–Crippen MR) is 90.9 cm³/mol. The molecule has 2 heterocycles. The van der Waals surface area contributed by atoms with Crippen LogP contribution in [0.25, 0.3) is 11.7 Å². The molecule has 0 radical (unpaired) electrons. The first-order valence-corrected chi connectivity index (χ1v) is 8.15. The Balaban J connectivity index is 1.60. The molecule has 3 rings (SSSR count). The van der Waals surface area contributed by atoms with E-state index in [1.165, 1.54) is 6.26 Å². The molecule has 1 atom stereocenters. The number of furan rings is 1. The highest BCUT2D eigenvalue weighted by atomic mass is 32.2. The van der Waals surface area contributed by atoms with Crippen LogP contribution in [-0.2, 0) is 4.79 Å². The number of thioether (sulfide) groups is 1. The molecule has 0 saturated heterocycles. The Morgan fingerprint density at radius 1 is 1.20 bits per heavy atom. The van der Waals surface area contributed by atoms with Gasteiger partial charge in [0.1, 0.15) is 0 Å². The summed E-state index contributed by atoms with van der Waals surface area (Å²) in [7, 11) is 0. The maximum atomic E-state index is 12.2. The summed E-state index contributed by atoms with van der Waals surface area (Å²) in [6.07, 6.45) is 1.51. The number of nitrogens with two attached hydrogens (primary N) is 1. The Bertz CT molecular complexity index is 874. The van der Waals surface area contributed by atoms with Crippen molar-refractivity contribution in [2.45, 2.75) is 17.4 Å². The zero-order valence-electron chi connectivity index (χ0n) is 13.1. The highest BCUT2D eigenvalue weighted by Crippen LogP contribution is 2.26. The van der Waals surface area contributed by atoms with Gasteiger partial charge in [-0.15, -0.1) is 10.2 Å². The molecule has 0 spiro atoms. The molecule has 1 aromatic carbocycles. The number of aromatic nitrogens is 2. The van der Waals surface area contributed by atoms with Gasteiger partial charge in [0.2, 0.25) is 11.8 Å². The van der Waals surface area contributed by atoms with E-state index in [1.54, 1.807) is 43.3 Å². The van der Waals surface area contributed by atoms with Crippen molar-refractivity contribution < 1.29 is 18.4 Å². The minimum Gasteiger partial charge on any atom is -0.459 e. The summed E-state index contributed by atoms with van der Waals surface area (Å²) in [5.41, 5.74) is 6.11. The smallest absolute Gasteiger partial charge is 0.284 e. The molecule has 9 heteroatoms. The maximum absolute atomic E-state index is 12.2. The lowest BCUT2D eigenvalue weighted by molar-refractivity contribution is -0.115. The molecule has 0 fully saturated rings. The Labute approximate surface area is 146 Å². The van der Waals surface area contributed by atoms with E-state index in [1.807, 2.05) is 0 Å². The number of benzene rings is 1. The lowest BCUT2D eigenvalue weighted by atomic mass is 10.2. The molecule has 0 aliphatic carbocycles. The average molecular weight is 358 g/mol. The second kappa shape index (κ2) is 7.22. The van der Waals surface area contributed by atoms with Crippen LogP contribution in [0.3, 0.4) is 0 Å². The van der Waals surface area contributed by atoms with Crippen molar-refractivity contribution in [1.29, 1.82) is 0 Å². The third kappa shape index (κ3) is 4.07. The van der Waals surface area contributed by atoms with E-state index in [4.69, 9.17) is 14.6 Å². The number of carbonyl (C=O) groups excluding carboxylic acids is 2. The van der Waals surface area contributed by atoms with Gasteiger partial charge in [-0.05, 0) is 43.3 Å². The molecule has 25 heavy (non-hydrogen) atoms. The van der Waals surface area contributed by atoms with E-state index in [0.29, 0.717) is 17.0 Å². The van der Waals surface area contributed by atoms with E-state index in [0.717, 1.165) is 11.8 Å². The summed E-state index contributed by atoms with van der Waals surface area (Å²) >= 11 is 1.13. The molecule has 0 bridgehead atoms. The number of nitrogens with one attached hydrogen (secondary N) is 1. The molecule has 0 aliphatic rings. The number of nitrogens with zero attached hydrogens (tertiary/aromatic N) is 2. The standard InChI is InChI=1S/C16H14N4O4S/c1-9(14(22)18-11-6-4-10(5-7-11)13(17)21)25-16-20-19-15(24-16)12-3-2-8-23-12/h2-9H,1H3,(H2,17,21)(H,18,22)/t9-/m1/s1. The summed E-state index contributed by atoms with van der Waals surface area (Å²) in [6, 6.07) is 9.72. The first kappa shape index (κ1) is 16.8. The Kier molecular flexibility index (Phi) is 4.85. The summed E-state index contributed by atoms with van der Waals surface area (Å²) in [4.78, 5) is 23.3. The van der Waals surface area contributed by atoms with Gasteiger partial charge >= 0.3 is 0 Å². The van der Waals surface area contributed by atoms with Crippen LogP contribution in [0.15, 0.2) is 56.7 Å². The van der Waals surface area contributed by atoms with E-state index in [9.17, 15) is 9.59 Å². The first-order valence-electron chi connectivity index (χ1n) is 7.27. The van der Waals surface area contributed by atoms with Crippen molar-refractivity contribution in [1.82, 2.24) is 10.2 Å². The number of amides is 2. The monoisotopic (exact) mass is 358 g/mol. The number of anilines is 1. The summed E-state index contributed by atoms with van der Waals surface area (Å²) in [5.74, 6) is -0.0479. The van der Waals surface area contributed by atoms with Gasteiger partial charge in [0.15, 0.2) is 5.76 Å². The fourth-order valence-corrected chi connectivity index (χ4v) is 2.61. The third-order valence-corrected chi connectivity index (χ3v) is 4.16. The van der Waals surface area contributed by atoms with Crippen molar-refractivity contribution >= 4 is 29.3 Å². The minimum atomic E-state index is -0.523. The maximum Gasteiger partial charge on any atom is 0.284 e. The van der Waals surface area contributed by atoms with Crippen LogP contribution < -0.4 is 11.1 Å². The Hall–Kier alpha value is -3.07. The topological polar surface area (TPSA) is 124 Å². The van der Waals surface area contributed by atoms with Crippen molar-refractivity contribution in [2.24, 2.45) is 5.73 Å². The highest BCUT2D eigenvalue weighted by molar-refractivity contribution is 8.00. The second-order valence-corrected chi connectivity index (χ2v) is 6.33. The highest BCUT2D eigenvalue weighted by Gasteiger charge is 2.19. The number of carbonyl (C=O) groups is 2. The van der Waals surface area contributed by atoms with E-state index in [2.05, 4.69) is 15.5 Å². The number of hydrogen-bond acceptors (Lipinski definition) is 7. The zero-order valence-corrected chi connectivity index (χ0v) is 13.9. The lowest BCUT2D eigenvalue weighted by Crippen LogP contribution is -2.22. The van der Waals surface area contributed by atoms with Crippen LogP contribution in [0.4, 0.5) is 5.69 Å². The minimum absolute atomic E-state index is 0.241. The number of primary amides is 1. The molecule has 3 aromatic rings. The fourth-order valence-electron chi connectivity index (χ4n) is 1.92. The largest absolute Gasteiger partial charge is 0.459 e. The number of hydrogen-bond donors (Lipinski definition) is 2. The molecular weight excluding hydrogens is 344 g/mol. The van der Waals surface area contributed by atoms with Gasteiger partial charge in [0.25, 0.3) is 11.1 Å². The zero-order chi connectivity index (χ0) is 17.8. The van der Waals surface area contributed by atoms with E-state index in [-0.39, 0.29) is 17.0 Å². The molecule has 0 aliphatic heterocycles. The molecular formula is C16H14N4O4S. The van der Waals surface area contributed by atoms with Gasteiger partial charge in [-0.2, -0.15) is 0 Å². The van der Waals surface area contributed by atoms with Crippen LogP contribution in [0.1, 0.15) is 17.3 Å². The Morgan fingerprint density at radius 3 is 2.60 bits per heavy atom. The molecule has 3 N–H and O–H groups in total. The fraction of sp³-hybridized carbons (Fsp3) is 0.125. The van der Waals surface area contributed by atoms with Crippen molar-refractivity contribution in [3.05, 3.63) is 48.2 Å². The van der Waals surface area contributed by atoms with Crippen LogP contribution in [0, 0.1) is 0 Å². The summed E-state index contributed by atoms with van der Waals surface area (Å²) < 4.78 is 10.6. The molecule has 0 unspecified atom stereocenters. The van der Waals surface area contributed by atoms with Crippen LogP contribution >= 0.6 is 11.8 Å². The predicted octanol–water partition coefficient (Wildman–Crippen LogP) is 2.55. The van der Waals surface area contributed by atoms with Crippen LogP contribution in [0.5, 0.6) is 0 Å². The van der Waals surface area contributed by atoms with Crippen molar-refractivity contribution in [3.8, 4) is 11.7 Å². The molecule has 2 aromatic heterocycles. The van der Waals surface area contributed by atoms with E-state index < -0.39 is 11.2 Å². The van der Waals surface area contributed by atoms with Crippen molar-refractivity contribution in [3.63, 3.8) is 0 Å². The SMILES string of the molecule is C[C@@H](Sc1nnc(-c2ccco2)o1)C(=O)Nc1ccc(C(N)=O)cc1. The van der Waals surface area contributed by atoms with Crippen LogP contribution in [0.2, 0.25) is 0 Å². The molecule has 2 amide bonds. The van der Waals surface area contributed by atoms with Gasteiger partial charge < -0.3 is 19.9 Å². The van der Waals surface area contributed by atoms with Gasteiger partial charge in [0, 0.05) is 11.3 Å². The molecule has 128 valence electrons. The number of rotatable bonds is 6. The molecule has 8 nitrogen and oxygen atoms in total. The lowest BCUT2D eigenvalue weighted by Gasteiger charge is -2.10. The third-order valence-electron chi connectivity index (χ3n) is 3.22. The van der Waals surface area contributed by atoms with Gasteiger partial charge in [0.05, 0.1) is 11.5 Å². The van der Waals surface area contributed by atoms with Gasteiger partial charge in [-0.3, -0.25) is 9.59 Å². The quantitative estimate of drug-likeness (QED) is 0.649. The summed E-state index contributed by atoms with van der Waals surface area (Å²) in [5, 5.41) is 10.3. The van der Waals surface area contributed by atoms with Gasteiger partial charge in [-0.25, -0.2) is 0 Å². The Morgan fingerprint density at radius 2 is 1.96 bits per heavy atom. The summed E-state index contributed by atoms with van der Waals surface area (Å²) in [6.45, 7) is 1.72. The van der Waals surface area contributed by atoms with Gasteiger partial charge in [-0.1, -0.05) is 11.8 Å². The van der Waals surface area contributed by atoms with E-state index >= 15 is 0 Å². The second-order valence-electron chi connectivity index (χ2n) is 5.04. The average Bonchev–Trinajstić information content (AvgIpc) is 3.26. The molecule has 0 saturated carbocycles. The normalized spacial score (nSPS) is 11.9. The first-order chi connectivity index (χ1) is 12.0.